The third kappa shape index (κ3) is 2.66. The number of allylic oxidation sites excluding steroid dienone is 1. The van der Waals surface area contributed by atoms with Crippen molar-refractivity contribution in [1.29, 1.82) is 0 Å². The number of carbonyl (C=O) groups is 1. The standard InChI is InChI=1S/C20H16BrN5O/c1-11-6-13-19(14(21)7-11)25-18(26-5-4-22-20(13)26)9-17(27)12-2-3-15-16(8-12)24-10-23-15/h2-3,6-10,25H,4-5H2,1H3,(H,23,24)/b18-9+. The maximum atomic E-state index is 12.9. The van der Waals surface area contributed by atoms with E-state index in [2.05, 4.69) is 60.2 Å². The monoisotopic (exact) mass is 421 g/mol. The van der Waals surface area contributed by atoms with Crippen molar-refractivity contribution in [3.63, 3.8) is 0 Å². The van der Waals surface area contributed by atoms with Gasteiger partial charge in [-0.3, -0.25) is 9.79 Å². The Bertz CT molecular complexity index is 1160. The zero-order valence-corrected chi connectivity index (χ0v) is 16.2. The van der Waals surface area contributed by atoms with Crippen LogP contribution in [0.3, 0.4) is 0 Å². The molecular weight excluding hydrogens is 406 g/mol. The lowest BCUT2D eigenvalue weighted by Crippen LogP contribution is -2.36. The first kappa shape index (κ1) is 16.3. The van der Waals surface area contributed by atoms with E-state index >= 15 is 0 Å². The number of fused-ring (bicyclic) bond motifs is 4. The van der Waals surface area contributed by atoms with Gasteiger partial charge < -0.3 is 15.2 Å². The van der Waals surface area contributed by atoms with E-state index in [9.17, 15) is 4.79 Å². The van der Waals surface area contributed by atoms with Gasteiger partial charge in [-0.1, -0.05) is 0 Å². The molecular formula is C20H16BrN5O. The SMILES string of the molecule is Cc1cc(Br)c2c(c1)C1=NCCN1/C(=C/C(=O)c1ccc3nc[nH]c3c1)N2. The minimum Gasteiger partial charge on any atom is -0.345 e. The minimum absolute atomic E-state index is 0.0630. The van der Waals surface area contributed by atoms with Crippen molar-refractivity contribution >= 4 is 44.3 Å². The highest BCUT2D eigenvalue weighted by Crippen LogP contribution is 2.36. The number of H-pyrrole nitrogens is 1. The van der Waals surface area contributed by atoms with E-state index in [1.54, 1.807) is 18.5 Å². The van der Waals surface area contributed by atoms with Crippen LogP contribution in [0.1, 0.15) is 21.5 Å². The Morgan fingerprint density at radius 1 is 1.30 bits per heavy atom. The van der Waals surface area contributed by atoms with Gasteiger partial charge in [0.1, 0.15) is 11.7 Å². The molecule has 0 spiro atoms. The molecule has 134 valence electrons. The van der Waals surface area contributed by atoms with E-state index < -0.39 is 0 Å². The molecule has 0 fully saturated rings. The maximum absolute atomic E-state index is 12.9. The number of aliphatic imine (C=N–C) groups is 1. The summed E-state index contributed by atoms with van der Waals surface area (Å²) in [4.78, 5) is 26.9. The van der Waals surface area contributed by atoms with Crippen LogP contribution in [0.5, 0.6) is 0 Å². The number of ketones is 1. The van der Waals surface area contributed by atoms with E-state index in [4.69, 9.17) is 0 Å². The summed E-state index contributed by atoms with van der Waals surface area (Å²) >= 11 is 3.63. The van der Waals surface area contributed by atoms with Gasteiger partial charge in [0.25, 0.3) is 0 Å². The highest BCUT2D eigenvalue weighted by atomic mass is 79.9. The second-order valence-corrected chi connectivity index (χ2v) is 7.53. The van der Waals surface area contributed by atoms with Crippen molar-refractivity contribution in [2.45, 2.75) is 6.92 Å². The third-order valence-corrected chi connectivity index (χ3v) is 5.46. The lowest BCUT2D eigenvalue weighted by Gasteiger charge is -2.32. The summed E-state index contributed by atoms with van der Waals surface area (Å²) in [5, 5.41) is 3.42. The van der Waals surface area contributed by atoms with Gasteiger partial charge in [-0.15, -0.1) is 0 Å². The summed E-state index contributed by atoms with van der Waals surface area (Å²) in [5.41, 5.74) is 5.48. The Balaban J connectivity index is 1.56. The number of aryl methyl sites for hydroxylation is 1. The first-order valence-corrected chi connectivity index (χ1v) is 9.48. The summed E-state index contributed by atoms with van der Waals surface area (Å²) in [6.07, 6.45) is 3.27. The molecule has 2 N–H and O–H groups in total. The quantitative estimate of drug-likeness (QED) is 0.486. The normalized spacial score (nSPS) is 16.9. The number of hydrogen-bond acceptors (Lipinski definition) is 5. The van der Waals surface area contributed by atoms with Crippen molar-refractivity contribution in [3.05, 3.63) is 69.7 Å². The molecule has 7 heteroatoms. The van der Waals surface area contributed by atoms with Gasteiger partial charge in [0.15, 0.2) is 5.78 Å². The average molecular weight is 422 g/mol. The molecule has 2 aliphatic rings. The minimum atomic E-state index is -0.0630. The van der Waals surface area contributed by atoms with Crippen LogP contribution >= 0.6 is 15.9 Å². The number of imidazole rings is 1. The zero-order valence-electron chi connectivity index (χ0n) is 14.6. The third-order valence-electron chi connectivity index (χ3n) is 4.83. The molecule has 1 aromatic heterocycles. The van der Waals surface area contributed by atoms with Gasteiger partial charge in [0, 0.05) is 28.2 Å². The number of hydrogen-bond donors (Lipinski definition) is 2. The van der Waals surface area contributed by atoms with Crippen LogP contribution in [-0.2, 0) is 0 Å². The van der Waals surface area contributed by atoms with Crippen LogP contribution < -0.4 is 5.32 Å². The molecule has 0 radical (unpaired) electrons. The summed E-state index contributed by atoms with van der Waals surface area (Å²) < 4.78 is 0.962. The topological polar surface area (TPSA) is 73.4 Å². The van der Waals surface area contributed by atoms with Crippen molar-refractivity contribution in [2.24, 2.45) is 4.99 Å². The van der Waals surface area contributed by atoms with Crippen molar-refractivity contribution in [1.82, 2.24) is 14.9 Å². The second-order valence-electron chi connectivity index (χ2n) is 6.68. The van der Waals surface area contributed by atoms with E-state index in [-0.39, 0.29) is 5.78 Å². The van der Waals surface area contributed by atoms with E-state index in [0.717, 1.165) is 50.5 Å². The molecule has 0 aliphatic carbocycles. The first-order valence-electron chi connectivity index (χ1n) is 8.69. The molecule has 2 aliphatic heterocycles. The Morgan fingerprint density at radius 2 is 2.19 bits per heavy atom. The molecule has 3 aromatic rings. The fraction of sp³-hybridized carbons (Fsp3) is 0.150. The van der Waals surface area contributed by atoms with Gasteiger partial charge in [0.2, 0.25) is 0 Å². The van der Waals surface area contributed by atoms with E-state index in [0.29, 0.717) is 12.1 Å². The molecule has 6 nitrogen and oxygen atoms in total. The van der Waals surface area contributed by atoms with Crippen LogP contribution in [0.25, 0.3) is 11.0 Å². The highest BCUT2D eigenvalue weighted by Gasteiger charge is 2.31. The zero-order chi connectivity index (χ0) is 18.5. The highest BCUT2D eigenvalue weighted by molar-refractivity contribution is 9.10. The number of anilines is 1. The van der Waals surface area contributed by atoms with Crippen LogP contribution in [0.2, 0.25) is 0 Å². The van der Waals surface area contributed by atoms with Gasteiger partial charge >= 0.3 is 0 Å². The number of nitrogens with zero attached hydrogens (tertiary/aromatic N) is 3. The molecule has 3 heterocycles. The number of rotatable bonds is 2. The summed E-state index contributed by atoms with van der Waals surface area (Å²) in [6, 6.07) is 9.66. The number of halogens is 1. The molecule has 0 unspecified atom stereocenters. The Hall–Kier alpha value is -2.93. The number of nitrogens with one attached hydrogen (secondary N) is 2. The fourth-order valence-electron chi connectivity index (χ4n) is 3.56. The van der Waals surface area contributed by atoms with Gasteiger partial charge in [0.05, 0.1) is 29.6 Å². The fourth-order valence-corrected chi connectivity index (χ4v) is 4.24. The molecule has 27 heavy (non-hydrogen) atoms. The van der Waals surface area contributed by atoms with Gasteiger partial charge in [-0.05, 0) is 58.7 Å². The molecule has 0 bridgehead atoms. The van der Waals surface area contributed by atoms with Crippen LogP contribution in [0, 0.1) is 6.92 Å². The smallest absolute Gasteiger partial charge is 0.189 e. The number of aromatic nitrogens is 2. The lowest BCUT2D eigenvalue weighted by molar-refractivity contribution is 0.104. The molecule has 2 aromatic carbocycles. The largest absolute Gasteiger partial charge is 0.345 e. The lowest BCUT2D eigenvalue weighted by atomic mass is 10.0. The second kappa shape index (κ2) is 6.06. The Kier molecular flexibility index (Phi) is 3.65. The van der Waals surface area contributed by atoms with Gasteiger partial charge in [-0.2, -0.15) is 0 Å². The average Bonchev–Trinajstić information content (AvgIpc) is 3.31. The summed E-state index contributed by atoms with van der Waals surface area (Å²) in [5.74, 6) is 1.60. The predicted octanol–water partition coefficient (Wildman–Crippen LogP) is 3.85. The number of amidine groups is 1. The van der Waals surface area contributed by atoms with Crippen LogP contribution in [0.4, 0.5) is 5.69 Å². The Labute approximate surface area is 164 Å². The van der Waals surface area contributed by atoms with Crippen molar-refractivity contribution < 1.29 is 4.79 Å². The Morgan fingerprint density at radius 3 is 3.07 bits per heavy atom. The predicted molar refractivity (Wildman–Crippen MR) is 109 cm³/mol. The molecule has 0 atom stereocenters. The molecule has 5 rings (SSSR count). The first-order chi connectivity index (χ1) is 13.1. The maximum Gasteiger partial charge on any atom is 0.189 e. The summed E-state index contributed by atoms with van der Waals surface area (Å²) in [7, 11) is 0. The molecule has 0 saturated heterocycles. The number of aromatic amines is 1. The van der Waals surface area contributed by atoms with Crippen molar-refractivity contribution in [2.75, 3.05) is 18.4 Å². The summed E-state index contributed by atoms with van der Waals surface area (Å²) in [6.45, 7) is 3.53. The molecule has 0 saturated carbocycles. The van der Waals surface area contributed by atoms with Crippen LogP contribution in [-0.4, -0.2) is 39.6 Å². The molecule has 0 amide bonds. The number of benzene rings is 2. The van der Waals surface area contributed by atoms with Crippen LogP contribution in [0.15, 0.2) is 58.0 Å². The van der Waals surface area contributed by atoms with Gasteiger partial charge in [-0.25, -0.2) is 4.98 Å². The number of carbonyl (C=O) groups excluding carboxylic acids is 1. The van der Waals surface area contributed by atoms with E-state index in [1.807, 2.05) is 12.1 Å². The van der Waals surface area contributed by atoms with E-state index in [1.165, 1.54) is 0 Å². The van der Waals surface area contributed by atoms with Crippen molar-refractivity contribution in [3.8, 4) is 0 Å².